The van der Waals surface area contributed by atoms with E-state index in [4.69, 9.17) is 4.55 Å². The molecule has 0 aliphatic carbocycles. The number of rotatable bonds is 5. The van der Waals surface area contributed by atoms with Crippen molar-refractivity contribution in [2.45, 2.75) is 19.8 Å². The van der Waals surface area contributed by atoms with Gasteiger partial charge in [0.25, 0.3) is 10.1 Å². The predicted octanol–water partition coefficient (Wildman–Crippen LogP) is 0.217. The fourth-order valence-corrected chi connectivity index (χ4v) is 1.14. The maximum Gasteiger partial charge on any atom is 0.305 e. The summed E-state index contributed by atoms with van der Waals surface area (Å²) in [6, 6.07) is 0. The van der Waals surface area contributed by atoms with Gasteiger partial charge in [-0.15, -0.1) is 0 Å². The summed E-state index contributed by atoms with van der Waals surface area (Å²) in [5, 5.41) is 0. The second-order valence-electron chi connectivity index (χ2n) is 2.19. The minimum Gasteiger partial charge on any atom is -0.466 e. The Hall–Kier alpha value is -0.620. The number of hydrogen-bond donors (Lipinski definition) is 1. The van der Waals surface area contributed by atoms with Gasteiger partial charge < -0.3 is 4.74 Å². The van der Waals surface area contributed by atoms with Crippen molar-refractivity contribution in [1.29, 1.82) is 0 Å². The van der Waals surface area contributed by atoms with Crippen LogP contribution in [0.5, 0.6) is 0 Å². The van der Waals surface area contributed by atoms with E-state index in [1.54, 1.807) is 6.92 Å². The second-order valence-corrected chi connectivity index (χ2v) is 3.77. The number of carbonyl (C=O) groups is 1. The SMILES string of the molecule is CCOC(=O)CCCS(=O)(=O)O. The molecule has 0 amide bonds. The zero-order valence-electron chi connectivity index (χ0n) is 6.82. The van der Waals surface area contributed by atoms with Crippen LogP contribution in [0.25, 0.3) is 0 Å². The molecule has 6 heteroatoms. The summed E-state index contributed by atoms with van der Waals surface area (Å²) >= 11 is 0. The third kappa shape index (κ3) is 7.49. The van der Waals surface area contributed by atoms with Crippen LogP contribution in [0.4, 0.5) is 0 Å². The fraction of sp³-hybridized carbons (Fsp3) is 0.833. The molecular formula is C6H12O5S. The molecule has 0 radical (unpaired) electrons. The van der Waals surface area contributed by atoms with Crippen molar-refractivity contribution in [2.24, 2.45) is 0 Å². The lowest BCUT2D eigenvalue weighted by molar-refractivity contribution is -0.143. The van der Waals surface area contributed by atoms with Crippen LogP contribution in [0.2, 0.25) is 0 Å². The van der Waals surface area contributed by atoms with Crippen LogP contribution in [0.3, 0.4) is 0 Å². The number of carbonyl (C=O) groups excluding carboxylic acids is 1. The van der Waals surface area contributed by atoms with Crippen molar-refractivity contribution < 1.29 is 22.5 Å². The van der Waals surface area contributed by atoms with Gasteiger partial charge in [0.1, 0.15) is 0 Å². The molecule has 0 unspecified atom stereocenters. The van der Waals surface area contributed by atoms with Crippen molar-refractivity contribution in [1.82, 2.24) is 0 Å². The highest BCUT2D eigenvalue weighted by molar-refractivity contribution is 7.85. The summed E-state index contributed by atoms with van der Waals surface area (Å²) in [7, 11) is -3.94. The van der Waals surface area contributed by atoms with Crippen molar-refractivity contribution in [2.75, 3.05) is 12.4 Å². The maximum atomic E-state index is 10.6. The first-order chi connectivity index (χ1) is 5.45. The van der Waals surface area contributed by atoms with E-state index >= 15 is 0 Å². The van der Waals surface area contributed by atoms with Gasteiger partial charge in [0.05, 0.1) is 12.4 Å². The molecule has 0 saturated carbocycles. The molecule has 0 aromatic heterocycles. The summed E-state index contributed by atoms with van der Waals surface area (Å²) in [4.78, 5) is 10.6. The summed E-state index contributed by atoms with van der Waals surface area (Å²) in [5.41, 5.74) is 0. The first kappa shape index (κ1) is 11.4. The van der Waals surface area contributed by atoms with E-state index in [-0.39, 0.29) is 19.4 Å². The van der Waals surface area contributed by atoms with Crippen LogP contribution in [0.15, 0.2) is 0 Å². The lowest BCUT2D eigenvalue weighted by Gasteiger charge is -1.99. The number of hydrogen-bond acceptors (Lipinski definition) is 4. The molecule has 0 saturated heterocycles. The summed E-state index contributed by atoms with van der Waals surface area (Å²) < 4.78 is 33.2. The molecule has 0 fully saturated rings. The number of ether oxygens (including phenoxy) is 1. The van der Waals surface area contributed by atoms with E-state index in [0.29, 0.717) is 0 Å². The number of esters is 1. The third-order valence-electron chi connectivity index (χ3n) is 1.09. The normalized spacial score (nSPS) is 11.2. The van der Waals surface area contributed by atoms with Gasteiger partial charge in [-0.3, -0.25) is 9.35 Å². The highest BCUT2D eigenvalue weighted by Gasteiger charge is 2.07. The maximum absolute atomic E-state index is 10.6. The highest BCUT2D eigenvalue weighted by atomic mass is 32.2. The standard InChI is InChI=1S/C6H12O5S/c1-2-11-6(7)4-3-5-12(8,9)10/h2-5H2,1H3,(H,8,9,10). The average molecular weight is 196 g/mol. The molecular weight excluding hydrogens is 184 g/mol. The minimum atomic E-state index is -3.94. The van der Waals surface area contributed by atoms with Crippen LogP contribution < -0.4 is 0 Å². The molecule has 0 heterocycles. The molecule has 0 rings (SSSR count). The van der Waals surface area contributed by atoms with Crippen molar-refractivity contribution in [3.05, 3.63) is 0 Å². The van der Waals surface area contributed by atoms with Gasteiger partial charge >= 0.3 is 5.97 Å². The molecule has 0 aliphatic rings. The predicted molar refractivity (Wildman–Crippen MR) is 42.3 cm³/mol. The van der Waals surface area contributed by atoms with Crippen molar-refractivity contribution >= 4 is 16.1 Å². The van der Waals surface area contributed by atoms with Crippen LogP contribution >= 0.6 is 0 Å². The van der Waals surface area contributed by atoms with Gasteiger partial charge in [-0.1, -0.05) is 0 Å². The lowest BCUT2D eigenvalue weighted by Crippen LogP contribution is -2.08. The zero-order chi connectivity index (χ0) is 9.61. The Morgan fingerprint density at radius 2 is 2.08 bits per heavy atom. The largest absolute Gasteiger partial charge is 0.466 e. The first-order valence-electron chi connectivity index (χ1n) is 3.56. The Labute approximate surface area is 71.5 Å². The van der Waals surface area contributed by atoms with Gasteiger partial charge in [0.2, 0.25) is 0 Å². The van der Waals surface area contributed by atoms with E-state index < -0.39 is 21.8 Å². The molecule has 0 atom stereocenters. The Morgan fingerprint density at radius 1 is 1.50 bits per heavy atom. The second kappa shape index (κ2) is 5.10. The third-order valence-corrected chi connectivity index (χ3v) is 1.89. The summed E-state index contributed by atoms with van der Waals surface area (Å²) in [6.45, 7) is 1.95. The molecule has 5 nitrogen and oxygen atoms in total. The molecule has 0 aromatic carbocycles. The molecule has 0 aliphatic heterocycles. The van der Waals surface area contributed by atoms with Crippen molar-refractivity contribution in [3.8, 4) is 0 Å². The Balaban J connectivity index is 3.51. The molecule has 12 heavy (non-hydrogen) atoms. The minimum absolute atomic E-state index is 0.0215. The van der Waals surface area contributed by atoms with Gasteiger partial charge in [0, 0.05) is 6.42 Å². The van der Waals surface area contributed by atoms with Crippen LogP contribution in [-0.4, -0.2) is 31.3 Å². The average Bonchev–Trinajstić information content (AvgIpc) is 1.84. The smallest absolute Gasteiger partial charge is 0.305 e. The zero-order valence-corrected chi connectivity index (χ0v) is 7.63. The van der Waals surface area contributed by atoms with E-state index in [1.807, 2.05) is 0 Å². The lowest BCUT2D eigenvalue weighted by atomic mass is 10.3. The van der Waals surface area contributed by atoms with Crippen molar-refractivity contribution in [3.63, 3.8) is 0 Å². The Bertz CT molecular complexity index is 230. The summed E-state index contributed by atoms with van der Waals surface area (Å²) in [6.07, 6.45) is 0.116. The Morgan fingerprint density at radius 3 is 2.50 bits per heavy atom. The fourth-order valence-electron chi connectivity index (χ4n) is 0.632. The van der Waals surface area contributed by atoms with Crippen LogP contribution in [-0.2, 0) is 19.6 Å². The van der Waals surface area contributed by atoms with Gasteiger partial charge in [-0.05, 0) is 13.3 Å². The Kier molecular flexibility index (Phi) is 4.84. The molecule has 1 N–H and O–H groups in total. The van der Waals surface area contributed by atoms with Gasteiger partial charge in [-0.2, -0.15) is 8.42 Å². The van der Waals surface area contributed by atoms with E-state index in [2.05, 4.69) is 4.74 Å². The molecule has 72 valence electrons. The highest BCUT2D eigenvalue weighted by Crippen LogP contribution is 1.96. The van der Waals surface area contributed by atoms with Gasteiger partial charge in [0.15, 0.2) is 0 Å². The first-order valence-corrected chi connectivity index (χ1v) is 5.17. The monoisotopic (exact) mass is 196 g/mol. The van der Waals surface area contributed by atoms with Crippen LogP contribution in [0, 0.1) is 0 Å². The quantitative estimate of drug-likeness (QED) is 0.502. The van der Waals surface area contributed by atoms with E-state index in [1.165, 1.54) is 0 Å². The summed E-state index contributed by atoms with van der Waals surface area (Å²) in [5.74, 6) is -0.840. The van der Waals surface area contributed by atoms with E-state index in [0.717, 1.165) is 0 Å². The van der Waals surface area contributed by atoms with E-state index in [9.17, 15) is 13.2 Å². The van der Waals surface area contributed by atoms with Crippen LogP contribution in [0.1, 0.15) is 19.8 Å². The molecule has 0 bridgehead atoms. The van der Waals surface area contributed by atoms with Gasteiger partial charge in [-0.25, -0.2) is 0 Å². The molecule has 0 aromatic rings. The topological polar surface area (TPSA) is 80.7 Å². The molecule has 0 spiro atoms.